The van der Waals surface area contributed by atoms with E-state index in [4.69, 9.17) is 4.52 Å². The summed E-state index contributed by atoms with van der Waals surface area (Å²) < 4.78 is 5.20. The molecule has 0 fully saturated rings. The van der Waals surface area contributed by atoms with Crippen molar-refractivity contribution in [2.24, 2.45) is 0 Å². The fraction of sp³-hybridized carbons (Fsp3) is 0.278. The van der Waals surface area contributed by atoms with Crippen LogP contribution < -0.4 is 5.32 Å². The maximum Gasteiger partial charge on any atom is 0.258 e. The second-order valence-corrected chi connectivity index (χ2v) is 7.92. The number of thiazole rings is 1. The standard InChI is InChI=1S/C18H19N3O2S2/c1-10-13(4)25-18(19-10)20-17(22)14-7-5-6-8-16(14)24-9-15-11(2)21-23-12(15)3/h5-8H,9H2,1-4H3,(H,19,20,22). The van der Waals surface area contributed by atoms with E-state index >= 15 is 0 Å². The van der Waals surface area contributed by atoms with Crippen LogP contribution in [0.5, 0.6) is 0 Å². The lowest BCUT2D eigenvalue weighted by Crippen LogP contribution is -2.12. The van der Waals surface area contributed by atoms with Crippen LogP contribution in [0, 0.1) is 27.7 Å². The van der Waals surface area contributed by atoms with Crippen molar-refractivity contribution in [2.75, 3.05) is 5.32 Å². The van der Waals surface area contributed by atoms with Gasteiger partial charge in [0.2, 0.25) is 0 Å². The minimum Gasteiger partial charge on any atom is -0.361 e. The van der Waals surface area contributed by atoms with E-state index in [0.717, 1.165) is 32.5 Å². The van der Waals surface area contributed by atoms with Gasteiger partial charge in [-0.3, -0.25) is 10.1 Å². The molecule has 7 heteroatoms. The molecule has 2 heterocycles. The van der Waals surface area contributed by atoms with E-state index in [1.54, 1.807) is 11.8 Å². The van der Waals surface area contributed by atoms with Crippen LogP contribution in [0.15, 0.2) is 33.7 Å². The molecule has 5 nitrogen and oxygen atoms in total. The number of thioether (sulfide) groups is 1. The van der Waals surface area contributed by atoms with Crippen molar-refractivity contribution in [2.45, 2.75) is 38.3 Å². The predicted molar refractivity (Wildman–Crippen MR) is 102 cm³/mol. The highest BCUT2D eigenvalue weighted by Gasteiger charge is 2.16. The Balaban J connectivity index is 1.77. The molecule has 130 valence electrons. The molecule has 0 saturated heterocycles. The van der Waals surface area contributed by atoms with Crippen molar-refractivity contribution < 1.29 is 9.32 Å². The highest BCUT2D eigenvalue weighted by Crippen LogP contribution is 2.30. The summed E-state index contributed by atoms with van der Waals surface area (Å²) in [5, 5.41) is 7.51. The van der Waals surface area contributed by atoms with E-state index in [1.807, 2.05) is 52.0 Å². The predicted octanol–water partition coefficient (Wildman–Crippen LogP) is 4.91. The summed E-state index contributed by atoms with van der Waals surface area (Å²) in [7, 11) is 0. The Morgan fingerprint density at radius 3 is 2.60 bits per heavy atom. The molecule has 2 aromatic heterocycles. The van der Waals surface area contributed by atoms with Crippen molar-refractivity contribution in [1.29, 1.82) is 0 Å². The van der Waals surface area contributed by atoms with E-state index in [0.29, 0.717) is 16.4 Å². The van der Waals surface area contributed by atoms with E-state index < -0.39 is 0 Å². The molecule has 1 N–H and O–H groups in total. The highest BCUT2D eigenvalue weighted by atomic mass is 32.2. The van der Waals surface area contributed by atoms with Crippen LogP contribution in [0.4, 0.5) is 5.13 Å². The molecular formula is C18H19N3O2S2. The highest BCUT2D eigenvalue weighted by molar-refractivity contribution is 7.98. The van der Waals surface area contributed by atoms with E-state index in [-0.39, 0.29) is 5.91 Å². The number of hydrogen-bond donors (Lipinski definition) is 1. The molecule has 0 aliphatic carbocycles. The molecule has 0 spiro atoms. The van der Waals surface area contributed by atoms with Crippen LogP contribution >= 0.6 is 23.1 Å². The summed E-state index contributed by atoms with van der Waals surface area (Å²) in [6.45, 7) is 7.77. The van der Waals surface area contributed by atoms with Gasteiger partial charge in [0.25, 0.3) is 5.91 Å². The van der Waals surface area contributed by atoms with Crippen LogP contribution in [0.25, 0.3) is 0 Å². The maximum atomic E-state index is 12.7. The van der Waals surface area contributed by atoms with E-state index in [1.165, 1.54) is 11.3 Å². The van der Waals surface area contributed by atoms with E-state index in [2.05, 4.69) is 15.5 Å². The monoisotopic (exact) mass is 373 g/mol. The first-order valence-corrected chi connectivity index (χ1v) is 9.65. The zero-order chi connectivity index (χ0) is 18.0. The first kappa shape index (κ1) is 17.7. The van der Waals surface area contributed by atoms with Crippen LogP contribution in [0.2, 0.25) is 0 Å². The van der Waals surface area contributed by atoms with E-state index in [9.17, 15) is 4.79 Å². The molecule has 0 unspecified atom stereocenters. The number of anilines is 1. The number of carbonyl (C=O) groups is 1. The van der Waals surface area contributed by atoms with Gasteiger partial charge in [-0.15, -0.1) is 23.1 Å². The van der Waals surface area contributed by atoms with Gasteiger partial charge in [-0.25, -0.2) is 4.98 Å². The third-order valence-corrected chi connectivity index (χ3v) is 6.02. The molecule has 0 bridgehead atoms. The number of nitrogens with zero attached hydrogens (tertiary/aromatic N) is 2. The quantitative estimate of drug-likeness (QED) is 0.644. The lowest BCUT2D eigenvalue weighted by atomic mass is 10.2. The van der Waals surface area contributed by atoms with Crippen molar-refractivity contribution in [1.82, 2.24) is 10.1 Å². The van der Waals surface area contributed by atoms with Gasteiger partial charge >= 0.3 is 0 Å². The maximum absolute atomic E-state index is 12.7. The van der Waals surface area contributed by atoms with Gasteiger partial charge in [-0.05, 0) is 39.8 Å². The SMILES string of the molecule is Cc1nc(NC(=O)c2ccccc2SCc2c(C)noc2C)sc1C. The third-order valence-electron chi connectivity index (χ3n) is 3.93. The number of benzene rings is 1. The second-order valence-electron chi connectivity index (χ2n) is 5.70. The molecular weight excluding hydrogens is 354 g/mol. The number of aromatic nitrogens is 2. The average Bonchev–Trinajstić information content (AvgIpc) is 3.07. The number of nitrogens with one attached hydrogen (secondary N) is 1. The minimum atomic E-state index is -0.143. The van der Waals surface area contributed by atoms with Crippen LogP contribution in [0.3, 0.4) is 0 Å². The average molecular weight is 374 g/mol. The van der Waals surface area contributed by atoms with Crippen molar-refractivity contribution >= 4 is 34.1 Å². The number of carbonyl (C=O) groups excluding carboxylic acids is 1. The molecule has 0 aliphatic heterocycles. The Morgan fingerprint density at radius 1 is 1.20 bits per heavy atom. The minimum absolute atomic E-state index is 0.143. The first-order valence-electron chi connectivity index (χ1n) is 7.84. The number of hydrogen-bond acceptors (Lipinski definition) is 6. The molecule has 25 heavy (non-hydrogen) atoms. The first-order chi connectivity index (χ1) is 12.0. The van der Waals surface area contributed by atoms with Crippen molar-refractivity contribution in [3.8, 4) is 0 Å². The zero-order valence-electron chi connectivity index (χ0n) is 14.5. The van der Waals surface area contributed by atoms with Gasteiger partial charge in [0.15, 0.2) is 5.13 Å². The van der Waals surface area contributed by atoms with Crippen molar-refractivity contribution in [3.05, 3.63) is 57.4 Å². The van der Waals surface area contributed by atoms with Gasteiger partial charge in [0, 0.05) is 21.1 Å². The van der Waals surface area contributed by atoms with Gasteiger partial charge in [-0.1, -0.05) is 17.3 Å². The summed E-state index contributed by atoms with van der Waals surface area (Å²) >= 11 is 3.09. The van der Waals surface area contributed by atoms with Gasteiger partial charge in [-0.2, -0.15) is 0 Å². The second kappa shape index (κ2) is 7.41. The Bertz CT molecular complexity index is 876. The fourth-order valence-electron chi connectivity index (χ4n) is 2.33. The van der Waals surface area contributed by atoms with Crippen molar-refractivity contribution in [3.63, 3.8) is 0 Å². The Hall–Kier alpha value is -2.12. The Kier molecular flexibility index (Phi) is 5.24. The largest absolute Gasteiger partial charge is 0.361 e. The Labute approximate surface area is 154 Å². The smallest absolute Gasteiger partial charge is 0.258 e. The summed E-state index contributed by atoms with van der Waals surface area (Å²) in [6.07, 6.45) is 0. The normalized spacial score (nSPS) is 10.9. The molecule has 1 aromatic carbocycles. The molecule has 0 atom stereocenters. The van der Waals surface area contributed by atoms with Gasteiger partial charge in [0.1, 0.15) is 5.76 Å². The Morgan fingerprint density at radius 2 is 1.96 bits per heavy atom. The van der Waals surface area contributed by atoms with Crippen LogP contribution in [0.1, 0.15) is 37.9 Å². The van der Waals surface area contributed by atoms with Crippen LogP contribution in [-0.2, 0) is 5.75 Å². The number of amides is 1. The molecule has 3 rings (SSSR count). The summed E-state index contributed by atoms with van der Waals surface area (Å²) in [5.41, 5.74) is 3.55. The van der Waals surface area contributed by atoms with Gasteiger partial charge in [0.05, 0.1) is 17.0 Å². The summed E-state index contributed by atoms with van der Waals surface area (Å²) in [5.74, 6) is 1.39. The number of rotatable bonds is 5. The molecule has 0 aliphatic rings. The molecule has 3 aromatic rings. The lowest BCUT2D eigenvalue weighted by Gasteiger charge is -2.08. The summed E-state index contributed by atoms with van der Waals surface area (Å²) in [4.78, 5) is 19.1. The molecule has 0 radical (unpaired) electrons. The zero-order valence-corrected chi connectivity index (χ0v) is 16.2. The van der Waals surface area contributed by atoms with Gasteiger partial charge < -0.3 is 4.52 Å². The lowest BCUT2D eigenvalue weighted by molar-refractivity contribution is 0.102. The molecule has 1 amide bonds. The fourth-order valence-corrected chi connectivity index (χ4v) is 4.34. The topological polar surface area (TPSA) is 68.0 Å². The number of aryl methyl sites for hydroxylation is 4. The third kappa shape index (κ3) is 3.93. The van der Waals surface area contributed by atoms with Crippen LogP contribution in [-0.4, -0.2) is 16.0 Å². The summed E-state index contributed by atoms with van der Waals surface area (Å²) in [6, 6.07) is 7.59. The molecule has 0 saturated carbocycles.